The standard InChI is InChI=1S/C14H17N5O/c20-13(16-12-7-3-1-4-8-12)14(9-5-2-6-10-14)19-11-15-17-18-19/h1,3-4,7-8,11H,2,5-6,9-10H2,(H,16,20). The maximum absolute atomic E-state index is 12.8. The molecule has 1 aromatic carbocycles. The third-order valence-electron chi connectivity index (χ3n) is 3.92. The zero-order valence-corrected chi connectivity index (χ0v) is 11.2. The predicted octanol–water partition coefficient (Wildman–Crippen LogP) is 1.97. The van der Waals surface area contributed by atoms with Gasteiger partial charge < -0.3 is 5.32 Å². The van der Waals surface area contributed by atoms with Gasteiger partial charge in [0.2, 0.25) is 0 Å². The number of para-hydroxylation sites is 1. The normalized spacial score (nSPS) is 17.6. The van der Waals surface area contributed by atoms with Crippen molar-refractivity contribution in [3.8, 4) is 0 Å². The van der Waals surface area contributed by atoms with Crippen molar-refractivity contribution < 1.29 is 4.79 Å². The number of tetrazole rings is 1. The number of rotatable bonds is 3. The molecule has 6 heteroatoms. The van der Waals surface area contributed by atoms with Crippen molar-refractivity contribution in [3.05, 3.63) is 36.7 Å². The Hall–Kier alpha value is -2.24. The lowest BCUT2D eigenvalue weighted by Gasteiger charge is -2.35. The molecule has 0 unspecified atom stereocenters. The van der Waals surface area contributed by atoms with Crippen LogP contribution in [0.3, 0.4) is 0 Å². The summed E-state index contributed by atoms with van der Waals surface area (Å²) in [6.45, 7) is 0. The average molecular weight is 271 g/mol. The Morgan fingerprint density at radius 1 is 1.15 bits per heavy atom. The molecule has 3 rings (SSSR count). The van der Waals surface area contributed by atoms with E-state index in [0.29, 0.717) is 0 Å². The van der Waals surface area contributed by atoms with Crippen LogP contribution in [0.25, 0.3) is 0 Å². The molecule has 1 saturated carbocycles. The molecule has 1 amide bonds. The van der Waals surface area contributed by atoms with Crippen molar-refractivity contribution in [2.75, 3.05) is 5.32 Å². The van der Waals surface area contributed by atoms with Crippen molar-refractivity contribution in [2.45, 2.75) is 37.6 Å². The summed E-state index contributed by atoms with van der Waals surface area (Å²) >= 11 is 0. The van der Waals surface area contributed by atoms with E-state index >= 15 is 0 Å². The van der Waals surface area contributed by atoms with Crippen LogP contribution in [0.5, 0.6) is 0 Å². The molecule has 0 radical (unpaired) electrons. The lowest BCUT2D eigenvalue weighted by atomic mass is 9.81. The van der Waals surface area contributed by atoms with E-state index in [0.717, 1.165) is 37.8 Å². The Morgan fingerprint density at radius 3 is 2.55 bits per heavy atom. The Labute approximate surface area is 117 Å². The predicted molar refractivity (Wildman–Crippen MR) is 73.9 cm³/mol. The minimum absolute atomic E-state index is 0.0318. The largest absolute Gasteiger partial charge is 0.324 e. The lowest BCUT2D eigenvalue weighted by molar-refractivity contribution is -0.126. The van der Waals surface area contributed by atoms with Gasteiger partial charge >= 0.3 is 0 Å². The molecule has 6 nitrogen and oxygen atoms in total. The number of amides is 1. The Balaban J connectivity index is 1.88. The number of carbonyl (C=O) groups is 1. The van der Waals surface area contributed by atoms with Gasteiger partial charge in [0.1, 0.15) is 11.9 Å². The zero-order valence-electron chi connectivity index (χ0n) is 11.2. The smallest absolute Gasteiger partial charge is 0.252 e. The molecule has 0 aliphatic heterocycles. The summed E-state index contributed by atoms with van der Waals surface area (Å²) in [6.07, 6.45) is 6.27. The summed E-state index contributed by atoms with van der Waals surface area (Å²) < 4.78 is 1.62. The molecule has 0 bridgehead atoms. The highest BCUT2D eigenvalue weighted by Crippen LogP contribution is 2.35. The maximum atomic E-state index is 12.8. The zero-order chi connectivity index (χ0) is 13.8. The van der Waals surface area contributed by atoms with E-state index < -0.39 is 5.54 Å². The second kappa shape index (κ2) is 5.40. The third-order valence-corrected chi connectivity index (χ3v) is 3.92. The Morgan fingerprint density at radius 2 is 1.90 bits per heavy atom. The highest BCUT2D eigenvalue weighted by Gasteiger charge is 2.42. The van der Waals surface area contributed by atoms with Crippen molar-refractivity contribution in [1.82, 2.24) is 20.2 Å². The molecule has 1 N–H and O–H groups in total. The van der Waals surface area contributed by atoms with E-state index in [1.165, 1.54) is 6.33 Å². The van der Waals surface area contributed by atoms with Crippen LogP contribution < -0.4 is 5.32 Å². The van der Waals surface area contributed by atoms with Crippen LogP contribution in [0.1, 0.15) is 32.1 Å². The Bertz CT molecular complexity index is 561. The van der Waals surface area contributed by atoms with E-state index in [4.69, 9.17) is 0 Å². The molecule has 1 aliphatic rings. The number of benzene rings is 1. The minimum atomic E-state index is -0.655. The Kier molecular flexibility index (Phi) is 3.45. The fourth-order valence-electron chi connectivity index (χ4n) is 2.82. The van der Waals surface area contributed by atoms with Gasteiger partial charge in [0, 0.05) is 5.69 Å². The van der Waals surface area contributed by atoms with Gasteiger partial charge in [0.05, 0.1) is 0 Å². The number of aromatic nitrogens is 4. The molecule has 1 heterocycles. The van der Waals surface area contributed by atoms with Crippen LogP contribution in [-0.2, 0) is 10.3 Å². The van der Waals surface area contributed by atoms with Gasteiger partial charge in [-0.3, -0.25) is 4.79 Å². The van der Waals surface area contributed by atoms with Crippen LogP contribution in [-0.4, -0.2) is 26.1 Å². The summed E-state index contributed by atoms with van der Waals surface area (Å²) in [4.78, 5) is 12.8. The number of nitrogens with zero attached hydrogens (tertiary/aromatic N) is 4. The van der Waals surface area contributed by atoms with Crippen LogP contribution in [0, 0.1) is 0 Å². The topological polar surface area (TPSA) is 72.7 Å². The number of carbonyl (C=O) groups excluding carboxylic acids is 1. The van der Waals surface area contributed by atoms with E-state index in [1.807, 2.05) is 30.3 Å². The third kappa shape index (κ3) is 2.29. The molecule has 0 saturated heterocycles. The van der Waals surface area contributed by atoms with Gasteiger partial charge in [-0.05, 0) is 35.4 Å². The summed E-state index contributed by atoms with van der Waals surface area (Å²) in [6, 6.07) is 9.50. The van der Waals surface area contributed by atoms with Gasteiger partial charge in [-0.15, -0.1) is 5.10 Å². The molecular formula is C14H17N5O. The lowest BCUT2D eigenvalue weighted by Crippen LogP contribution is -2.47. The van der Waals surface area contributed by atoms with Crippen LogP contribution in [0.2, 0.25) is 0 Å². The number of nitrogens with one attached hydrogen (secondary N) is 1. The molecule has 0 atom stereocenters. The summed E-state index contributed by atoms with van der Waals surface area (Å²) in [5.41, 5.74) is 0.146. The second-order valence-corrected chi connectivity index (χ2v) is 5.17. The fourth-order valence-corrected chi connectivity index (χ4v) is 2.82. The first-order chi connectivity index (χ1) is 9.81. The van der Waals surface area contributed by atoms with Crippen molar-refractivity contribution in [3.63, 3.8) is 0 Å². The number of hydrogen-bond acceptors (Lipinski definition) is 4. The molecule has 104 valence electrons. The highest BCUT2D eigenvalue weighted by molar-refractivity contribution is 5.96. The quantitative estimate of drug-likeness (QED) is 0.926. The molecule has 1 fully saturated rings. The first-order valence-electron chi connectivity index (χ1n) is 6.91. The molecule has 0 spiro atoms. The summed E-state index contributed by atoms with van der Waals surface area (Å²) in [5, 5.41) is 14.3. The van der Waals surface area contributed by atoms with Gasteiger partial charge in [-0.1, -0.05) is 37.5 Å². The summed E-state index contributed by atoms with van der Waals surface area (Å²) in [7, 11) is 0. The van der Waals surface area contributed by atoms with Crippen molar-refractivity contribution >= 4 is 11.6 Å². The van der Waals surface area contributed by atoms with Crippen LogP contribution in [0.4, 0.5) is 5.69 Å². The fraction of sp³-hybridized carbons (Fsp3) is 0.429. The van der Waals surface area contributed by atoms with Crippen molar-refractivity contribution in [1.29, 1.82) is 0 Å². The highest BCUT2D eigenvalue weighted by atomic mass is 16.2. The van der Waals surface area contributed by atoms with Crippen LogP contribution >= 0.6 is 0 Å². The minimum Gasteiger partial charge on any atom is -0.324 e. The van der Waals surface area contributed by atoms with E-state index in [1.54, 1.807) is 4.68 Å². The average Bonchev–Trinajstić information content (AvgIpc) is 3.04. The number of hydrogen-bond donors (Lipinski definition) is 1. The monoisotopic (exact) mass is 271 g/mol. The molecule has 20 heavy (non-hydrogen) atoms. The van der Waals surface area contributed by atoms with Gasteiger partial charge in [0.15, 0.2) is 0 Å². The first-order valence-corrected chi connectivity index (χ1v) is 6.91. The van der Waals surface area contributed by atoms with Crippen molar-refractivity contribution in [2.24, 2.45) is 0 Å². The van der Waals surface area contributed by atoms with Gasteiger partial charge in [-0.2, -0.15) is 0 Å². The molecule has 1 aromatic heterocycles. The first kappa shape index (κ1) is 12.8. The molecule has 2 aromatic rings. The van der Waals surface area contributed by atoms with E-state index in [2.05, 4.69) is 20.8 Å². The van der Waals surface area contributed by atoms with Gasteiger partial charge in [-0.25, -0.2) is 4.68 Å². The second-order valence-electron chi connectivity index (χ2n) is 5.17. The van der Waals surface area contributed by atoms with E-state index in [9.17, 15) is 4.79 Å². The van der Waals surface area contributed by atoms with E-state index in [-0.39, 0.29) is 5.91 Å². The molecule has 1 aliphatic carbocycles. The SMILES string of the molecule is O=C(Nc1ccccc1)C1(n2cnnn2)CCCCC1. The maximum Gasteiger partial charge on any atom is 0.252 e. The summed E-state index contributed by atoms with van der Waals surface area (Å²) in [5.74, 6) is -0.0318. The molecular weight excluding hydrogens is 254 g/mol. The van der Waals surface area contributed by atoms with Crippen LogP contribution in [0.15, 0.2) is 36.7 Å². The van der Waals surface area contributed by atoms with Gasteiger partial charge in [0.25, 0.3) is 5.91 Å². The number of anilines is 1.